The van der Waals surface area contributed by atoms with Crippen molar-refractivity contribution in [2.45, 2.75) is 45.6 Å². The van der Waals surface area contributed by atoms with Gasteiger partial charge in [-0.05, 0) is 119 Å². The van der Waals surface area contributed by atoms with E-state index in [0.29, 0.717) is 17.3 Å². The van der Waals surface area contributed by atoms with Crippen LogP contribution in [0.1, 0.15) is 61.0 Å². The Morgan fingerprint density at radius 3 is 2.62 bits per heavy atom. The first-order valence-corrected chi connectivity index (χ1v) is 12.9. The normalized spacial score (nSPS) is 15.7. The van der Waals surface area contributed by atoms with E-state index in [4.69, 9.17) is 0 Å². The van der Waals surface area contributed by atoms with Crippen molar-refractivity contribution in [3.05, 3.63) is 89.4 Å². The molecule has 1 aromatic heterocycles. The highest BCUT2D eigenvalue weighted by Gasteiger charge is 2.19. The molecule has 0 radical (unpaired) electrons. The zero-order valence-corrected chi connectivity index (χ0v) is 22.3. The van der Waals surface area contributed by atoms with Crippen LogP contribution in [0.3, 0.4) is 0 Å². The van der Waals surface area contributed by atoms with Gasteiger partial charge in [-0.25, -0.2) is 4.98 Å². The van der Waals surface area contributed by atoms with Crippen LogP contribution in [0.5, 0.6) is 0 Å². The third kappa shape index (κ3) is 6.92. The number of benzene rings is 2. The molecule has 2 N–H and O–H groups in total. The number of aliphatic imine (C=N–C) groups is 1. The Hall–Kier alpha value is -3.77. The van der Waals surface area contributed by atoms with Gasteiger partial charge in [0.1, 0.15) is 5.82 Å². The second-order valence-corrected chi connectivity index (χ2v) is 10.2. The van der Waals surface area contributed by atoms with Crippen molar-refractivity contribution in [1.29, 1.82) is 0 Å². The van der Waals surface area contributed by atoms with Crippen LogP contribution in [-0.4, -0.2) is 48.7 Å². The number of anilines is 1. The summed E-state index contributed by atoms with van der Waals surface area (Å²) in [6.45, 7) is 12.0. The van der Waals surface area contributed by atoms with Gasteiger partial charge in [0.25, 0.3) is 5.91 Å². The maximum atomic E-state index is 13.1. The van der Waals surface area contributed by atoms with Crippen LogP contribution in [0.15, 0.2) is 77.7 Å². The number of pyridine rings is 1. The lowest BCUT2D eigenvalue weighted by Crippen LogP contribution is -2.29. The third-order valence-electron chi connectivity index (χ3n) is 6.82. The molecule has 0 spiro atoms. The Morgan fingerprint density at radius 1 is 1.11 bits per heavy atom. The Balaban J connectivity index is 1.52. The van der Waals surface area contributed by atoms with Crippen molar-refractivity contribution in [3.8, 4) is 0 Å². The fraction of sp³-hybridized carbons (Fsp3) is 0.323. The van der Waals surface area contributed by atoms with Crippen molar-refractivity contribution >= 4 is 34.8 Å². The second kappa shape index (κ2) is 12.0. The van der Waals surface area contributed by atoms with Crippen LogP contribution in [0.25, 0.3) is 16.3 Å². The number of likely N-dealkylation sites (tertiary alicyclic amines) is 1. The van der Waals surface area contributed by atoms with Crippen LogP contribution in [-0.2, 0) is 0 Å². The molecule has 192 valence electrons. The molecule has 1 amide bonds. The van der Waals surface area contributed by atoms with E-state index in [1.807, 2.05) is 24.3 Å². The highest BCUT2D eigenvalue weighted by atomic mass is 16.1. The Labute approximate surface area is 220 Å². The number of piperidine rings is 1. The molecule has 6 heteroatoms. The van der Waals surface area contributed by atoms with Gasteiger partial charge in [0, 0.05) is 29.4 Å². The SMILES string of the molecule is C=N/C=C(\C=C(/C)c1ccc2cnc(NC(=O)c3cccc(C4CCN(C)CC4)c3)cc2c1)NC(C)C. The van der Waals surface area contributed by atoms with Crippen LogP contribution < -0.4 is 10.6 Å². The van der Waals surface area contributed by atoms with Crippen molar-refractivity contribution in [3.63, 3.8) is 0 Å². The molecule has 0 atom stereocenters. The number of hydrogen-bond donors (Lipinski definition) is 2. The first-order valence-electron chi connectivity index (χ1n) is 12.9. The summed E-state index contributed by atoms with van der Waals surface area (Å²) in [5.41, 5.74) is 5.00. The lowest BCUT2D eigenvalue weighted by molar-refractivity contribution is 0.102. The number of carbonyl (C=O) groups excluding carboxylic acids is 1. The van der Waals surface area contributed by atoms with Gasteiger partial charge in [-0.2, -0.15) is 0 Å². The zero-order valence-electron chi connectivity index (χ0n) is 22.3. The highest BCUT2D eigenvalue weighted by Crippen LogP contribution is 2.28. The molecule has 1 aliphatic heterocycles. The van der Waals surface area contributed by atoms with Gasteiger partial charge in [0.15, 0.2) is 0 Å². The topological polar surface area (TPSA) is 69.6 Å². The predicted octanol–water partition coefficient (Wildman–Crippen LogP) is 6.24. The largest absolute Gasteiger partial charge is 0.382 e. The number of nitrogens with one attached hydrogen (secondary N) is 2. The van der Waals surface area contributed by atoms with Gasteiger partial charge in [0.2, 0.25) is 0 Å². The van der Waals surface area contributed by atoms with Gasteiger partial charge < -0.3 is 15.5 Å². The number of amides is 1. The van der Waals surface area contributed by atoms with Gasteiger partial charge >= 0.3 is 0 Å². The molecule has 1 saturated heterocycles. The lowest BCUT2D eigenvalue weighted by Gasteiger charge is -2.29. The summed E-state index contributed by atoms with van der Waals surface area (Å²) in [5.74, 6) is 0.907. The summed E-state index contributed by atoms with van der Waals surface area (Å²) in [6, 6.07) is 16.5. The zero-order chi connectivity index (χ0) is 26.4. The van der Waals surface area contributed by atoms with E-state index < -0.39 is 0 Å². The fourth-order valence-electron chi connectivity index (χ4n) is 4.78. The van der Waals surface area contributed by atoms with Crippen molar-refractivity contribution in [2.24, 2.45) is 4.99 Å². The highest BCUT2D eigenvalue weighted by molar-refractivity contribution is 6.04. The average molecular weight is 496 g/mol. The molecular formula is C31H37N5O. The van der Waals surface area contributed by atoms with Gasteiger partial charge in [-0.1, -0.05) is 24.3 Å². The number of fused-ring (bicyclic) bond motifs is 1. The van der Waals surface area contributed by atoms with Crippen LogP contribution in [0.4, 0.5) is 5.82 Å². The van der Waals surface area contributed by atoms with Gasteiger partial charge in [0.05, 0.1) is 5.70 Å². The minimum Gasteiger partial charge on any atom is -0.382 e. The summed E-state index contributed by atoms with van der Waals surface area (Å²) in [7, 11) is 2.16. The molecule has 3 aromatic rings. The molecule has 1 aliphatic rings. The molecule has 0 saturated carbocycles. The van der Waals surface area contributed by atoms with Gasteiger partial charge in [-0.15, -0.1) is 0 Å². The second-order valence-electron chi connectivity index (χ2n) is 10.2. The van der Waals surface area contributed by atoms with Gasteiger partial charge in [-0.3, -0.25) is 9.79 Å². The molecule has 0 unspecified atom stereocenters. The smallest absolute Gasteiger partial charge is 0.256 e. The molecule has 0 aliphatic carbocycles. The molecule has 1 fully saturated rings. The fourth-order valence-corrected chi connectivity index (χ4v) is 4.78. The summed E-state index contributed by atoms with van der Waals surface area (Å²) in [6.07, 6.45) is 7.84. The van der Waals surface area contributed by atoms with Crippen molar-refractivity contribution < 1.29 is 4.79 Å². The first kappa shape index (κ1) is 26.3. The van der Waals surface area contributed by atoms with Crippen LogP contribution in [0.2, 0.25) is 0 Å². The minimum atomic E-state index is -0.139. The standard InChI is InChI=1S/C31H37N5O/c1-21(2)34-29(20-32-4)15-22(3)24-9-10-27-19-33-30(18-28(27)16-24)35-31(37)26-8-6-7-25(17-26)23-11-13-36(5)14-12-23/h6-10,15-21,23,34H,4,11-14H2,1-3,5H3,(H,33,35,37)/b22-15+,29-20+. The number of carbonyl (C=O) groups is 1. The number of allylic oxidation sites excluding steroid dienone is 2. The predicted molar refractivity (Wildman–Crippen MR) is 155 cm³/mol. The average Bonchev–Trinajstić information content (AvgIpc) is 2.88. The molecule has 2 aromatic carbocycles. The minimum absolute atomic E-state index is 0.139. The lowest BCUT2D eigenvalue weighted by atomic mass is 9.89. The summed E-state index contributed by atoms with van der Waals surface area (Å²) >= 11 is 0. The van der Waals surface area contributed by atoms with Crippen molar-refractivity contribution in [1.82, 2.24) is 15.2 Å². The van der Waals surface area contributed by atoms with E-state index >= 15 is 0 Å². The molecule has 4 rings (SSSR count). The maximum absolute atomic E-state index is 13.1. The summed E-state index contributed by atoms with van der Waals surface area (Å²) < 4.78 is 0. The Bertz CT molecular complexity index is 1330. The van der Waals surface area contributed by atoms with E-state index in [2.05, 4.69) is 90.4 Å². The van der Waals surface area contributed by atoms with E-state index in [0.717, 1.165) is 53.5 Å². The summed E-state index contributed by atoms with van der Waals surface area (Å²) in [5, 5.41) is 8.41. The number of aromatic nitrogens is 1. The number of nitrogens with zero attached hydrogens (tertiary/aromatic N) is 3. The molecule has 37 heavy (non-hydrogen) atoms. The van der Waals surface area contributed by atoms with E-state index in [-0.39, 0.29) is 11.9 Å². The van der Waals surface area contributed by atoms with Crippen LogP contribution in [0, 0.1) is 0 Å². The van der Waals surface area contributed by atoms with E-state index in [9.17, 15) is 4.79 Å². The Kier molecular flexibility index (Phi) is 8.51. The van der Waals surface area contributed by atoms with Crippen molar-refractivity contribution in [2.75, 3.05) is 25.5 Å². The molecule has 0 bridgehead atoms. The monoisotopic (exact) mass is 495 g/mol. The molecule has 6 nitrogen and oxygen atoms in total. The third-order valence-corrected chi connectivity index (χ3v) is 6.82. The molecule has 2 heterocycles. The van der Waals surface area contributed by atoms with E-state index in [1.54, 1.807) is 12.4 Å². The number of rotatable bonds is 8. The first-order chi connectivity index (χ1) is 17.8. The molecular weight excluding hydrogens is 458 g/mol. The number of hydrogen-bond acceptors (Lipinski definition) is 5. The maximum Gasteiger partial charge on any atom is 0.256 e. The Morgan fingerprint density at radius 2 is 1.89 bits per heavy atom. The van der Waals surface area contributed by atoms with Crippen LogP contribution >= 0.6 is 0 Å². The summed E-state index contributed by atoms with van der Waals surface area (Å²) in [4.78, 5) is 23.8. The van der Waals surface area contributed by atoms with E-state index in [1.165, 1.54) is 5.56 Å². The quantitative estimate of drug-likeness (QED) is 0.287.